The number of anilines is 1. The molecular formula is C9H8ClN3O. The van der Waals surface area contributed by atoms with Crippen molar-refractivity contribution in [1.82, 2.24) is 5.43 Å². The fraction of sp³-hybridized carbons (Fsp3) is 0.111. The van der Waals surface area contributed by atoms with Gasteiger partial charge in [-0.2, -0.15) is 5.10 Å². The fourth-order valence-electron chi connectivity index (χ4n) is 1.28. The minimum atomic E-state index is -0.463. The van der Waals surface area contributed by atoms with Gasteiger partial charge in [-0.3, -0.25) is 10.2 Å². The highest BCUT2D eigenvalue weighted by Gasteiger charge is 2.21. The lowest BCUT2D eigenvalue weighted by atomic mass is 10.3. The van der Waals surface area contributed by atoms with Crippen molar-refractivity contribution in [3.8, 4) is 0 Å². The smallest absolute Gasteiger partial charge is 0.176 e. The van der Waals surface area contributed by atoms with Gasteiger partial charge in [0.05, 0.1) is 10.7 Å². The number of nitrogens with one attached hydrogen (secondary N) is 1. The molecule has 14 heavy (non-hydrogen) atoms. The summed E-state index contributed by atoms with van der Waals surface area (Å²) >= 11 is 5.98. The first-order valence-corrected chi connectivity index (χ1v) is 4.47. The number of hydrazone groups is 1. The second-order valence-corrected chi connectivity index (χ2v) is 3.22. The van der Waals surface area contributed by atoms with Crippen LogP contribution in [0.5, 0.6) is 0 Å². The van der Waals surface area contributed by atoms with Crippen LogP contribution >= 0.6 is 11.6 Å². The van der Waals surface area contributed by atoms with E-state index >= 15 is 0 Å². The Morgan fingerprint density at radius 1 is 1.50 bits per heavy atom. The van der Waals surface area contributed by atoms with Gasteiger partial charge >= 0.3 is 0 Å². The molecule has 0 amide bonds. The highest BCUT2D eigenvalue weighted by Crippen LogP contribution is 2.25. The number of halogens is 1. The molecule has 1 atom stereocenters. The molecule has 5 heteroatoms. The molecule has 72 valence electrons. The molecule has 1 N–H and O–H groups in total. The van der Waals surface area contributed by atoms with Crippen LogP contribution < -0.4 is 10.3 Å². The van der Waals surface area contributed by atoms with Crippen molar-refractivity contribution >= 4 is 29.9 Å². The summed E-state index contributed by atoms with van der Waals surface area (Å²) in [5.41, 5.74) is 3.41. The van der Waals surface area contributed by atoms with Crippen molar-refractivity contribution in [3.63, 3.8) is 0 Å². The van der Waals surface area contributed by atoms with Crippen molar-refractivity contribution in [1.29, 1.82) is 0 Å². The van der Waals surface area contributed by atoms with Gasteiger partial charge in [-0.15, -0.1) is 0 Å². The molecule has 0 radical (unpaired) electrons. The lowest BCUT2D eigenvalue weighted by molar-refractivity contribution is -0.109. The quantitative estimate of drug-likeness (QED) is 0.745. The maximum absolute atomic E-state index is 10.7. The van der Waals surface area contributed by atoms with Gasteiger partial charge in [0.25, 0.3) is 0 Å². The number of para-hydroxylation sites is 1. The summed E-state index contributed by atoms with van der Waals surface area (Å²) in [5.74, 6) is 0. The second-order valence-electron chi connectivity index (χ2n) is 2.81. The molecule has 1 aromatic carbocycles. The summed E-state index contributed by atoms with van der Waals surface area (Å²) in [4.78, 5) is 12.4. The number of rotatable bonds is 2. The number of benzene rings is 1. The van der Waals surface area contributed by atoms with E-state index in [1.165, 1.54) is 0 Å². The van der Waals surface area contributed by atoms with E-state index in [0.717, 1.165) is 12.0 Å². The molecule has 1 aromatic rings. The van der Waals surface area contributed by atoms with E-state index in [9.17, 15) is 4.79 Å². The third kappa shape index (κ3) is 1.44. The topological polar surface area (TPSA) is 44.7 Å². The first-order chi connectivity index (χ1) is 6.83. The Balaban J connectivity index is 2.35. The van der Waals surface area contributed by atoms with Crippen molar-refractivity contribution in [2.75, 3.05) is 4.90 Å². The Hall–Kier alpha value is -1.55. The Bertz CT molecular complexity index is 380. The zero-order valence-electron chi connectivity index (χ0n) is 7.22. The highest BCUT2D eigenvalue weighted by molar-refractivity contribution is 6.33. The number of nitrogens with zero attached hydrogens (tertiary/aromatic N) is 2. The average molecular weight is 210 g/mol. The van der Waals surface area contributed by atoms with Crippen LogP contribution in [0.2, 0.25) is 5.02 Å². The molecule has 2 rings (SSSR count). The van der Waals surface area contributed by atoms with E-state index in [2.05, 4.69) is 10.5 Å². The van der Waals surface area contributed by atoms with Gasteiger partial charge in [0, 0.05) is 0 Å². The van der Waals surface area contributed by atoms with Gasteiger partial charge in [-0.1, -0.05) is 23.7 Å². The number of hydrogen-bond donors (Lipinski definition) is 1. The van der Waals surface area contributed by atoms with Crippen molar-refractivity contribution in [2.45, 2.75) is 6.17 Å². The lowest BCUT2D eigenvalue weighted by Crippen LogP contribution is -2.38. The summed E-state index contributed by atoms with van der Waals surface area (Å²) in [5, 5.41) is 4.39. The minimum Gasteiger partial charge on any atom is -0.301 e. The third-order valence-corrected chi connectivity index (χ3v) is 2.27. The van der Waals surface area contributed by atoms with Gasteiger partial charge in [0.2, 0.25) is 0 Å². The predicted molar refractivity (Wildman–Crippen MR) is 55.4 cm³/mol. The van der Waals surface area contributed by atoms with Crippen molar-refractivity contribution in [3.05, 3.63) is 29.3 Å². The molecule has 0 fully saturated rings. The van der Waals surface area contributed by atoms with Crippen LogP contribution in [0.3, 0.4) is 0 Å². The highest BCUT2D eigenvalue weighted by atomic mass is 35.5. The molecule has 1 aliphatic heterocycles. The van der Waals surface area contributed by atoms with Gasteiger partial charge in [0.1, 0.15) is 6.34 Å². The molecule has 0 aromatic heterocycles. The summed E-state index contributed by atoms with van der Waals surface area (Å²) < 4.78 is 0. The Kier molecular flexibility index (Phi) is 2.37. The molecule has 1 unspecified atom stereocenters. The summed E-state index contributed by atoms with van der Waals surface area (Å²) in [6.45, 7) is 0. The fourth-order valence-corrected chi connectivity index (χ4v) is 1.51. The van der Waals surface area contributed by atoms with E-state index < -0.39 is 6.17 Å². The lowest BCUT2D eigenvalue weighted by Gasteiger charge is -2.19. The SMILES string of the molecule is O=CC1NN=CN1c1ccccc1Cl. The third-order valence-electron chi connectivity index (χ3n) is 1.95. The van der Waals surface area contributed by atoms with E-state index in [4.69, 9.17) is 11.6 Å². The molecule has 0 spiro atoms. The van der Waals surface area contributed by atoms with Crippen LogP contribution in [0.25, 0.3) is 0 Å². The van der Waals surface area contributed by atoms with Crippen LogP contribution in [-0.4, -0.2) is 18.8 Å². The van der Waals surface area contributed by atoms with Gasteiger partial charge in [-0.25, -0.2) is 0 Å². The van der Waals surface area contributed by atoms with E-state index in [1.54, 1.807) is 17.3 Å². The average Bonchev–Trinajstić information content (AvgIpc) is 2.66. The monoisotopic (exact) mass is 209 g/mol. The van der Waals surface area contributed by atoms with Crippen LogP contribution in [0.4, 0.5) is 5.69 Å². The maximum atomic E-state index is 10.7. The Morgan fingerprint density at radius 2 is 2.29 bits per heavy atom. The Morgan fingerprint density at radius 3 is 3.00 bits per heavy atom. The van der Waals surface area contributed by atoms with Crippen LogP contribution in [0.15, 0.2) is 29.4 Å². The molecule has 0 saturated heterocycles. The number of carbonyl (C=O) groups is 1. The van der Waals surface area contributed by atoms with Gasteiger partial charge < -0.3 is 4.90 Å². The van der Waals surface area contributed by atoms with Crippen LogP contribution in [-0.2, 0) is 4.79 Å². The molecule has 1 aliphatic rings. The number of hydrogen-bond acceptors (Lipinski definition) is 4. The summed E-state index contributed by atoms with van der Waals surface area (Å²) in [6.07, 6.45) is 1.85. The molecule has 0 saturated carbocycles. The molecule has 1 heterocycles. The van der Waals surface area contributed by atoms with Crippen LogP contribution in [0, 0.1) is 0 Å². The van der Waals surface area contributed by atoms with E-state index in [-0.39, 0.29) is 0 Å². The van der Waals surface area contributed by atoms with Crippen molar-refractivity contribution in [2.24, 2.45) is 5.10 Å². The molecule has 0 bridgehead atoms. The first kappa shape index (κ1) is 9.02. The normalized spacial score (nSPS) is 19.5. The van der Waals surface area contributed by atoms with Gasteiger partial charge in [0.15, 0.2) is 12.5 Å². The number of carbonyl (C=O) groups excluding carboxylic acids is 1. The minimum absolute atomic E-state index is 0.463. The van der Waals surface area contributed by atoms with Crippen molar-refractivity contribution < 1.29 is 4.79 Å². The molecular weight excluding hydrogens is 202 g/mol. The number of aldehydes is 1. The maximum Gasteiger partial charge on any atom is 0.176 e. The summed E-state index contributed by atoms with van der Waals surface area (Å²) in [7, 11) is 0. The Labute approximate surface area is 86.2 Å². The predicted octanol–water partition coefficient (Wildman–Crippen LogP) is 1.22. The largest absolute Gasteiger partial charge is 0.301 e. The van der Waals surface area contributed by atoms with E-state index in [1.807, 2.05) is 18.2 Å². The molecule has 4 nitrogen and oxygen atoms in total. The van der Waals surface area contributed by atoms with Gasteiger partial charge in [-0.05, 0) is 12.1 Å². The standard InChI is InChI=1S/C9H8ClN3O/c10-7-3-1-2-4-8(7)13-6-11-12-9(13)5-14/h1-6,9,12H. The zero-order valence-corrected chi connectivity index (χ0v) is 7.98. The first-order valence-electron chi connectivity index (χ1n) is 4.10. The second kappa shape index (κ2) is 3.67. The van der Waals surface area contributed by atoms with Crippen LogP contribution in [0.1, 0.15) is 0 Å². The van der Waals surface area contributed by atoms with E-state index in [0.29, 0.717) is 5.02 Å². The summed E-state index contributed by atoms with van der Waals surface area (Å²) in [6, 6.07) is 7.29. The molecule has 0 aliphatic carbocycles. The zero-order chi connectivity index (χ0) is 9.97.